The van der Waals surface area contributed by atoms with Crippen molar-refractivity contribution in [1.82, 2.24) is 9.88 Å². The van der Waals surface area contributed by atoms with Gasteiger partial charge in [0.2, 0.25) is 0 Å². The molecule has 1 heterocycles. The highest BCUT2D eigenvalue weighted by atomic mass is 16.2. The van der Waals surface area contributed by atoms with Crippen molar-refractivity contribution in [3.05, 3.63) is 24.0 Å². The van der Waals surface area contributed by atoms with Crippen LogP contribution in [0.25, 0.3) is 0 Å². The molecule has 0 aliphatic heterocycles. The predicted molar refractivity (Wildman–Crippen MR) is 82.0 cm³/mol. The Morgan fingerprint density at radius 3 is 2.85 bits per heavy atom. The molecule has 1 aromatic rings. The van der Waals surface area contributed by atoms with Crippen LogP contribution in [0.5, 0.6) is 0 Å². The minimum Gasteiger partial charge on any atom is -0.381 e. The second-order valence-electron chi connectivity index (χ2n) is 5.67. The topological polar surface area (TPSA) is 45.2 Å². The van der Waals surface area contributed by atoms with Crippen LogP contribution in [0.2, 0.25) is 0 Å². The maximum atomic E-state index is 12.3. The Morgan fingerprint density at radius 1 is 1.40 bits per heavy atom. The maximum Gasteiger partial charge on any atom is 0.255 e. The van der Waals surface area contributed by atoms with Crippen molar-refractivity contribution < 1.29 is 4.79 Å². The molecule has 1 aromatic heterocycles. The number of carbonyl (C=O) groups is 1. The average Bonchev–Trinajstić information content (AvgIpc) is 2.97. The van der Waals surface area contributed by atoms with Gasteiger partial charge in [-0.2, -0.15) is 0 Å². The Labute approximate surface area is 121 Å². The number of nitrogens with zero attached hydrogens (tertiary/aromatic N) is 2. The fourth-order valence-electron chi connectivity index (χ4n) is 2.66. The van der Waals surface area contributed by atoms with Crippen molar-refractivity contribution in [2.24, 2.45) is 0 Å². The summed E-state index contributed by atoms with van der Waals surface area (Å²) in [4.78, 5) is 18.3. The molecule has 0 radical (unpaired) electrons. The summed E-state index contributed by atoms with van der Waals surface area (Å²) >= 11 is 0. The fraction of sp³-hybridized carbons (Fsp3) is 0.625. The number of anilines is 1. The molecule has 110 valence electrons. The summed E-state index contributed by atoms with van der Waals surface area (Å²) < 4.78 is 0. The van der Waals surface area contributed by atoms with Crippen LogP contribution in [0.15, 0.2) is 18.5 Å². The smallest absolute Gasteiger partial charge is 0.255 e. The highest BCUT2D eigenvalue weighted by Gasteiger charge is 2.16. The Bertz CT molecular complexity index is 441. The Kier molecular flexibility index (Phi) is 5.39. The van der Waals surface area contributed by atoms with E-state index in [9.17, 15) is 4.79 Å². The van der Waals surface area contributed by atoms with E-state index < -0.39 is 0 Å². The molecule has 20 heavy (non-hydrogen) atoms. The van der Waals surface area contributed by atoms with Crippen molar-refractivity contribution >= 4 is 11.6 Å². The predicted octanol–water partition coefficient (Wildman–Crippen LogP) is 3.31. The molecule has 1 fully saturated rings. The number of carbonyl (C=O) groups excluding carboxylic acids is 1. The van der Waals surface area contributed by atoms with Crippen LogP contribution >= 0.6 is 0 Å². The van der Waals surface area contributed by atoms with E-state index in [1.165, 1.54) is 25.7 Å². The second kappa shape index (κ2) is 7.27. The van der Waals surface area contributed by atoms with Gasteiger partial charge in [-0.1, -0.05) is 26.2 Å². The maximum absolute atomic E-state index is 12.3. The number of nitrogens with one attached hydrogen (secondary N) is 1. The van der Waals surface area contributed by atoms with E-state index in [-0.39, 0.29) is 5.91 Å². The van der Waals surface area contributed by atoms with Gasteiger partial charge in [0.25, 0.3) is 5.91 Å². The molecule has 0 atom stereocenters. The van der Waals surface area contributed by atoms with Gasteiger partial charge in [0.05, 0.1) is 11.3 Å². The number of hydrogen-bond donors (Lipinski definition) is 1. The first kappa shape index (κ1) is 14.8. The van der Waals surface area contributed by atoms with Gasteiger partial charge >= 0.3 is 0 Å². The van der Waals surface area contributed by atoms with Crippen LogP contribution in [0.4, 0.5) is 5.69 Å². The van der Waals surface area contributed by atoms with E-state index in [1.807, 2.05) is 13.1 Å². The number of aromatic nitrogens is 1. The van der Waals surface area contributed by atoms with Crippen LogP contribution < -0.4 is 5.32 Å². The lowest BCUT2D eigenvalue weighted by atomic mass is 10.2. The quantitative estimate of drug-likeness (QED) is 0.866. The van der Waals surface area contributed by atoms with Crippen molar-refractivity contribution in [2.45, 2.75) is 51.5 Å². The molecule has 0 unspecified atom stereocenters. The third kappa shape index (κ3) is 3.95. The van der Waals surface area contributed by atoms with Gasteiger partial charge in [-0.15, -0.1) is 0 Å². The van der Waals surface area contributed by atoms with E-state index in [1.54, 1.807) is 17.3 Å². The standard InChI is InChI=1S/C16H25N3O/c1-3-4-9-19(2)16(20)13-10-15(12-17-11-13)18-14-7-5-6-8-14/h10-12,14,18H,3-9H2,1-2H3. The van der Waals surface area contributed by atoms with Crippen LogP contribution in [0, 0.1) is 0 Å². The molecule has 2 rings (SSSR count). The lowest BCUT2D eigenvalue weighted by Crippen LogP contribution is -2.28. The van der Waals surface area contributed by atoms with Crippen molar-refractivity contribution in [1.29, 1.82) is 0 Å². The number of rotatable bonds is 6. The van der Waals surface area contributed by atoms with Gasteiger partial charge in [0.1, 0.15) is 0 Å². The summed E-state index contributed by atoms with van der Waals surface area (Å²) in [5, 5.41) is 3.48. The van der Waals surface area contributed by atoms with Gasteiger partial charge in [-0.05, 0) is 25.3 Å². The van der Waals surface area contributed by atoms with Gasteiger partial charge in [0, 0.05) is 32.0 Å². The molecule has 4 nitrogen and oxygen atoms in total. The molecule has 0 bridgehead atoms. The molecule has 1 saturated carbocycles. The van der Waals surface area contributed by atoms with Gasteiger partial charge in [-0.25, -0.2) is 0 Å². The second-order valence-corrected chi connectivity index (χ2v) is 5.67. The first-order chi connectivity index (χ1) is 9.70. The third-order valence-corrected chi connectivity index (χ3v) is 3.90. The van der Waals surface area contributed by atoms with Gasteiger partial charge in [-0.3, -0.25) is 9.78 Å². The van der Waals surface area contributed by atoms with Gasteiger partial charge in [0.15, 0.2) is 0 Å². The number of pyridine rings is 1. The van der Waals surface area contributed by atoms with Crippen LogP contribution in [0.3, 0.4) is 0 Å². The van der Waals surface area contributed by atoms with Crippen LogP contribution in [-0.4, -0.2) is 35.4 Å². The molecule has 0 spiro atoms. The van der Waals surface area contributed by atoms with E-state index in [0.29, 0.717) is 11.6 Å². The monoisotopic (exact) mass is 275 g/mol. The Balaban J connectivity index is 1.98. The van der Waals surface area contributed by atoms with Crippen molar-refractivity contribution in [2.75, 3.05) is 18.9 Å². The molecule has 1 N–H and O–H groups in total. The summed E-state index contributed by atoms with van der Waals surface area (Å²) in [6.07, 6.45) is 10.6. The van der Waals surface area contributed by atoms with E-state index in [4.69, 9.17) is 0 Å². The molecule has 1 aliphatic carbocycles. The molecular formula is C16H25N3O. The Hall–Kier alpha value is -1.58. The molecule has 4 heteroatoms. The number of unbranched alkanes of at least 4 members (excludes halogenated alkanes) is 1. The minimum atomic E-state index is 0.0565. The lowest BCUT2D eigenvalue weighted by molar-refractivity contribution is 0.0793. The summed E-state index contributed by atoms with van der Waals surface area (Å²) in [5.74, 6) is 0.0565. The summed E-state index contributed by atoms with van der Waals surface area (Å²) in [5.41, 5.74) is 1.64. The summed E-state index contributed by atoms with van der Waals surface area (Å²) in [7, 11) is 1.86. The molecular weight excluding hydrogens is 250 g/mol. The molecule has 1 aliphatic rings. The van der Waals surface area contributed by atoms with Crippen molar-refractivity contribution in [3.63, 3.8) is 0 Å². The van der Waals surface area contributed by atoms with E-state index in [0.717, 1.165) is 25.1 Å². The molecule has 0 aromatic carbocycles. The zero-order valence-corrected chi connectivity index (χ0v) is 12.6. The summed E-state index contributed by atoms with van der Waals surface area (Å²) in [6, 6.07) is 2.47. The number of amides is 1. The molecule has 1 amide bonds. The Morgan fingerprint density at radius 2 is 2.15 bits per heavy atom. The third-order valence-electron chi connectivity index (χ3n) is 3.90. The zero-order chi connectivity index (χ0) is 14.4. The highest BCUT2D eigenvalue weighted by Crippen LogP contribution is 2.22. The largest absolute Gasteiger partial charge is 0.381 e. The van der Waals surface area contributed by atoms with Crippen molar-refractivity contribution in [3.8, 4) is 0 Å². The first-order valence-corrected chi connectivity index (χ1v) is 7.67. The van der Waals surface area contributed by atoms with E-state index >= 15 is 0 Å². The first-order valence-electron chi connectivity index (χ1n) is 7.67. The van der Waals surface area contributed by atoms with Crippen LogP contribution in [0.1, 0.15) is 55.8 Å². The number of hydrogen-bond acceptors (Lipinski definition) is 3. The normalized spacial score (nSPS) is 15.3. The average molecular weight is 275 g/mol. The highest BCUT2D eigenvalue weighted by molar-refractivity contribution is 5.94. The summed E-state index contributed by atoms with van der Waals surface area (Å²) in [6.45, 7) is 2.93. The van der Waals surface area contributed by atoms with Gasteiger partial charge < -0.3 is 10.2 Å². The van der Waals surface area contributed by atoms with E-state index in [2.05, 4.69) is 17.2 Å². The zero-order valence-electron chi connectivity index (χ0n) is 12.6. The lowest BCUT2D eigenvalue weighted by Gasteiger charge is -2.18. The van der Waals surface area contributed by atoms with Crippen LogP contribution in [-0.2, 0) is 0 Å². The SMILES string of the molecule is CCCCN(C)C(=O)c1cncc(NC2CCCC2)c1. The molecule has 0 saturated heterocycles. The fourth-order valence-corrected chi connectivity index (χ4v) is 2.66. The minimum absolute atomic E-state index is 0.0565.